The fraction of sp³-hybridized carbons (Fsp3) is 0.444. The molecule has 0 fully saturated rings. The number of hydrogen-bond donors (Lipinski definition) is 2. The average molecular weight is 242 g/mol. The number of carbonyl (C=O) groups is 1. The number of amides is 1. The molecule has 3 N–H and O–H groups in total. The van der Waals surface area contributed by atoms with E-state index in [0.717, 1.165) is 0 Å². The maximum atomic E-state index is 11.8. The van der Waals surface area contributed by atoms with Crippen LogP contribution >= 0.6 is 11.3 Å². The van der Waals surface area contributed by atoms with Gasteiger partial charge in [0.1, 0.15) is 11.5 Å². The number of hydrogen-bond acceptors (Lipinski definition) is 5. The molecular weight excluding hydrogens is 228 g/mol. The lowest BCUT2D eigenvalue weighted by atomic mass is 10.2. The second-order valence-electron chi connectivity index (χ2n) is 3.43. The van der Waals surface area contributed by atoms with Gasteiger partial charge in [-0.25, -0.2) is 4.98 Å². The number of amidine groups is 1. The number of rotatable bonds is 4. The predicted octanol–water partition coefficient (Wildman–Crippen LogP) is 0.740. The molecule has 0 aliphatic rings. The zero-order valence-electron chi connectivity index (χ0n) is 9.12. The van der Waals surface area contributed by atoms with E-state index in [1.54, 1.807) is 17.9 Å². The van der Waals surface area contributed by atoms with Gasteiger partial charge in [-0.2, -0.15) is 0 Å². The van der Waals surface area contributed by atoms with Crippen molar-refractivity contribution in [2.75, 3.05) is 7.05 Å². The SMILES string of the molecule is CC(CC(N)=NO)N(C)C(=O)c1cscn1. The smallest absolute Gasteiger partial charge is 0.273 e. The Bertz CT molecular complexity index is 377. The summed E-state index contributed by atoms with van der Waals surface area (Å²) in [5, 5.41) is 13.0. The van der Waals surface area contributed by atoms with Crippen molar-refractivity contribution in [1.82, 2.24) is 9.88 Å². The van der Waals surface area contributed by atoms with Crippen molar-refractivity contribution in [3.63, 3.8) is 0 Å². The highest BCUT2D eigenvalue weighted by molar-refractivity contribution is 7.07. The molecule has 0 bridgehead atoms. The number of nitrogens with two attached hydrogens (primary N) is 1. The van der Waals surface area contributed by atoms with E-state index in [0.29, 0.717) is 12.1 Å². The molecule has 0 aromatic carbocycles. The van der Waals surface area contributed by atoms with Crippen LogP contribution in [0.25, 0.3) is 0 Å². The Morgan fingerprint density at radius 3 is 3.00 bits per heavy atom. The quantitative estimate of drug-likeness (QED) is 0.352. The van der Waals surface area contributed by atoms with Crippen molar-refractivity contribution in [2.45, 2.75) is 19.4 Å². The summed E-state index contributed by atoms with van der Waals surface area (Å²) in [7, 11) is 1.66. The van der Waals surface area contributed by atoms with Gasteiger partial charge in [-0.1, -0.05) is 5.16 Å². The number of aromatic nitrogens is 1. The number of thiazole rings is 1. The normalized spacial score (nSPS) is 13.5. The van der Waals surface area contributed by atoms with E-state index >= 15 is 0 Å². The third-order valence-corrected chi connectivity index (χ3v) is 2.85. The summed E-state index contributed by atoms with van der Waals surface area (Å²) < 4.78 is 0. The van der Waals surface area contributed by atoms with Gasteiger partial charge in [-0.3, -0.25) is 4.79 Å². The van der Waals surface area contributed by atoms with E-state index in [1.807, 2.05) is 6.92 Å². The van der Waals surface area contributed by atoms with Crippen LogP contribution in [0, 0.1) is 0 Å². The minimum absolute atomic E-state index is 0.102. The van der Waals surface area contributed by atoms with Crippen LogP contribution in [0.4, 0.5) is 0 Å². The Morgan fingerprint density at radius 1 is 1.81 bits per heavy atom. The minimum atomic E-state index is -0.167. The summed E-state index contributed by atoms with van der Waals surface area (Å²) in [6, 6.07) is -0.148. The first-order valence-electron chi connectivity index (χ1n) is 4.68. The maximum absolute atomic E-state index is 11.8. The van der Waals surface area contributed by atoms with Gasteiger partial charge in [-0.15, -0.1) is 11.3 Å². The van der Waals surface area contributed by atoms with Crippen LogP contribution in [0.2, 0.25) is 0 Å². The fourth-order valence-electron chi connectivity index (χ4n) is 1.18. The van der Waals surface area contributed by atoms with Gasteiger partial charge in [0, 0.05) is 24.9 Å². The van der Waals surface area contributed by atoms with Gasteiger partial charge in [0.2, 0.25) is 0 Å². The third kappa shape index (κ3) is 2.93. The standard InChI is InChI=1S/C9H14N4O2S/c1-6(3-8(10)12-15)13(2)9(14)7-4-16-5-11-7/h4-6,15H,3H2,1-2H3,(H2,10,12). The fourth-order valence-corrected chi connectivity index (χ4v) is 1.71. The second kappa shape index (κ2) is 5.45. The van der Waals surface area contributed by atoms with Crippen molar-refractivity contribution < 1.29 is 10.0 Å². The van der Waals surface area contributed by atoms with Crippen LogP contribution in [-0.2, 0) is 0 Å². The second-order valence-corrected chi connectivity index (χ2v) is 4.15. The van der Waals surface area contributed by atoms with Crippen molar-refractivity contribution in [1.29, 1.82) is 0 Å². The molecule has 6 nitrogen and oxygen atoms in total. The van der Waals surface area contributed by atoms with E-state index in [1.165, 1.54) is 16.2 Å². The van der Waals surface area contributed by atoms with Gasteiger partial charge in [0.25, 0.3) is 5.91 Å². The van der Waals surface area contributed by atoms with Crippen LogP contribution < -0.4 is 5.73 Å². The molecule has 0 aliphatic carbocycles. The van der Waals surface area contributed by atoms with Crippen LogP contribution in [0.5, 0.6) is 0 Å². The van der Waals surface area contributed by atoms with Crippen LogP contribution in [0.1, 0.15) is 23.8 Å². The third-order valence-electron chi connectivity index (χ3n) is 2.27. The van der Waals surface area contributed by atoms with Gasteiger partial charge in [0.15, 0.2) is 0 Å². The predicted molar refractivity (Wildman–Crippen MR) is 61.7 cm³/mol. The highest BCUT2D eigenvalue weighted by Gasteiger charge is 2.19. The molecular formula is C9H14N4O2S. The van der Waals surface area contributed by atoms with Crippen LogP contribution in [0.15, 0.2) is 16.0 Å². The Labute approximate surface area is 97.4 Å². The van der Waals surface area contributed by atoms with Crippen LogP contribution in [-0.4, -0.2) is 39.9 Å². The summed E-state index contributed by atoms with van der Waals surface area (Å²) in [6.45, 7) is 1.82. The molecule has 0 spiro atoms. The molecule has 1 aromatic rings. The molecule has 1 unspecified atom stereocenters. The lowest BCUT2D eigenvalue weighted by Crippen LogP contribution is -2.37. The van der Waals surface area contributed by atoms with Crippen molar-refractivity contribution in [3.8, 4) is 0 Å². The molecule has 1 rings (SSSR count). The number of nitrogens with zero attached hydrogens (tertiary/aromatic N) is 3. The van der Waals surface area contributed by atoms with Gasteiger partial charge >= 0.3 is 0 Å². The highest BCUT2D eigenvalue weighted by atomic mass is 32.1. The highest BCUT2D eigenvalue weighted by Crippen LogP contribution is 2.09. The van der Waals surface area contributed by atoms with E-state index in [-0.39, 0.29) is 17.8 Å². The largest absolute Gasteiger partial charge is 0.409 e. The monoisotopic (exact) mass is 242 g/mol. The first-order chi connectivity index (χ1) is 7.56. The molecule has 16 heavy (non-hydrogen) atoms. The summed E-state index contributed by atoms with van der Waals surface area (Å²) in [5.41, 5.74) is 7.40. The summed E-state index contributed by atoms with van der Waals surface area (Å²) in [5.74, 6) is -0.0649. The first kappa shape index (κ1) is 12.4. The minimum Gasteiger partial charge on any atom is -0.409 e. The Kier molecular flexibility index (Phi) is 4.24. The Morgan fingerprint density at radius 2 is 2.50 bits per heavy atom. The topological polar surface area (TPSA) is 91.8 Å². The van der Waals surface area contributed by atoms with E-state index in [4.69, 9.17) is 10.9 Å². The zero-order valence-corrected chi connectivity index (χ0v) is 9.94. The van der Waals surface area contributed by atoms with Gasteiger partial charge < -0.3 is 15.8 Å². The van der Waals surface area contributed by atoms with E-state index in [2.05, 4.69) is 10.1 Å². The molecule has 88 valence electrons. The van der Waals surface area contributed by atoms with Crippen molar-refractivity contribution in [2.24, 2.45) is 10.9 Å². The molecule has 1 amide bonds. The lowest BCUT2D eigenvalue weighted by molar-refractivity contribution is 0.0742. The van der Waals surface area contributed by atoms with Crippen molar-refractivity contribution >= 4 is 23.1 Å². The van der Waals surface area contributed by atoms with Crippen molar-refractivity contribution in [3.05, 3.63) is 16.6 Å². The van der Waals surface area contributed by atoms with E-state index < -0.39 is 0 Å². The molecule has 0 saturated heterocycles. The molecule has 0 aliphatic heterocycles. The molecule has 0 radical (unpaired) electrons. The Balaban J connectivity index is 2.64. The van der Waals surface area contributed by atoms with Crippen LogP contribution in [0.3, 0.4) is 0 Å². The lowest BCUT2D eigenvalue weighted by Gasteiger charge is -2.23. The molecule has 0 saturated carbocycles. The molecule has 1 aromatic heterocycles. The maximum Gasteiger partial charge on any atom is 0.273 e. The number of oxime groups is 1. The molecule has 7 heteroatoms. The summed E-state index contributed by atoms with van der Waals surface area (Å²) in [6.07, 6.45) is 0.322. The average Bonchev–Trinajstić information content (AvgIpc) is 2.80. The van der Waals surface area contributed by atoms with Gasteiger partial charge in [-0.05, 0) is 6.92 Å². The first-order valence-corrected chi connectivity index (χ1v) is 5.62. The number of carbonyl (C=O) groups excluding carboxylic acids is 1. The molecule has 1 heterocycles. The zero-order chi connectivity index (χ0) is 12.1. The van der Waals surface area contributed by atoms with E-state index in [9.17, 15) is 4.79 Å². The summed E-state index contributed by atoms with van der Waals surface area (Å²) in [4.78, 5) is 17.3. The Hall–Kier alpha value is -1.63. The summed E-state index contributed by atoms with van der Waals surface area (Å²) >= 11 is 1.37. The molecule has 1 atom stereocenters. The van der Waals surface area contributed by atoms with Gasteiger partial charge in [0.05, 0.1) is 5.51 Å².